The fourth-order valence-electron chi connectivity index (χ4n) is 4.47. The molecule has 4 atom stereocenters. The molecule has 1 heterocycles. The van der Waals surface area contributed by atoms with E-state index in [4.69, 9.17) is 0 Å². The number of rotatable bonds is 3. The molecule has 1 aromatic heterocycles. The van der Waals surface area contributed by atoms with Crippen LogP contribution in [0.4, 0.5) is 0 Å². The molecule has 2 saturated carbocycles. The van der Waals surface area contributed by atoms with Crippen molar-refractivity contribution in [3.8, 4) is 0 Å². The molecule has 2 fully saturated rings. The van der Waals surface area contributed by atoms with Crippen LogP contribution in [0, 0.1) is 30.6 Å². The van der Waals surface area contributed by atoms with Crippen LogP contribution in [0.15, 0.2) is 22.6 Å². The zero-order valence-corrected chi connectivity index (χ0v) is 15.3. The minimum atomic E-state index is -0.938. The van der Waals surface area contributed by atoms with Gasteiger partial charge < -0.3 is 5.11 Å². The second kappa shape index (κ2) is 6.63. The largest absolute Gasteiger partial charge is 0.481 e. The number of aliphatic carboxylic acids is 1. The minimum Gasteiger partial charge on any atom is -0.481 e. The smallest absolute Gasteiger partial charge is 0.307 e. The number of allylic oxidation sites excluding steroid dienone is 2. The Morgan fingerprint density at radius 1 is 1.12 bits per heavy atom. The first-order valence-corrected chi connectivity index (χ1v) is 9.25. The van der Waals surface area contributed by atoms with Crippen LogP contribution in [0.5, 0.6) is 0 Å². The summed E-state index contributed by atoms with van der Waals surface area (Å²) < 4.78 is 0. The van der Waals surface area contributed by atoms with Crippen molar-refractivity contribution in [1.82, 2.24) is 10.9 Å². The molecule has 1 aromatic rings. The minimum absolute atomic E-state index is 0.0449. The Labute approximate surface area is 150 Å². The summed E-state index contributed by atoms with van der Waals surface area (Å²) in [7, 11) is 0. The molecule has 6 nitrogen and oxygen atoms in total. The molecular weight excluding hydrogens is 340 g/mol. The van der Waals surface area contributed by atoms with Gasteiger partial charge in [0.05, 0.1) is 16.7 Å². The average molecular weight is 362 g/mol. The first-order valence-electron chi connectivity index (χ1n) is 8.37. The molecule has 2 aliphatic carbocycles. The number of carbonyl (C=O) groups excluding carboxylic acids is 2. The van der Waals surface area contributed by atoms with E-state index < -0.39 is 23.7 Å². The number of carboxylic acid groups (broad SMARTS) is 1. The zero-order valence-electron chi connectivity index (χ0n) is 14.5. The van der Waals surface area contributed by atoms with Gasteiger partial charge in [0, 0.05) is 0 Å². The fraction of sp³-hybridized carbons (Fsp3) is 0.500. The first kappa shape index (κ1) is 17.7. The highest BCUT2D eigenvalue weighted by Crippen LogP contribution is 2.57. The van der Waals surface area contributed by atoms with Crippen LogP contribution >= 0.6 is 11.3 Å². The topological polar surface area (TPSA) is 95.5 Å². The van der Waals surface area contributed by atoms with Gasteiger partial charge in [-0.3, -0.25) is 25.2 Å². The number of hydrazine groups is 1. The van der Waals surface area contributed by atoms with Crippen LogP contribution in [0.1, 0.15) is 41.9 Å². The summed E-state index contributed by atoms with van der Waals surface area (Å²) in [5, 5.41) is 11.4. The van der Waals surface area contributed by atoms with E-state index >= 15 is 0 Å². The maximum absolute atomic E-state index is 12.7. The molecular formula is C18H22N2O4S. The van der Waals surface area contributed by atoms with E-state index in [1.807, 2.05) is 32.2 Å². The average Bonchev–Trinajstić information content (AvgIpc) is 3.24. The second-order valence-corrected chi connectivity index (χ2v) is 7.93. The quantitative estimate of drug-likeness (QED) is 0.569. The molecule has 0 saturated heterocycles. The molecule has 2 bridgehead atoms. The lowest BCUT2D eigenvalue weighted by Crippen LogP contribution is -2.48. The van der Waals surface area contributed by atoms with Gasteiger partial charge in [0.25, 0.3) is 5.91 Å². The fourth-order valence-corrected chi connectivity index (χ4v) is 5.29. The Bertz CT molecular complexity index is 763. The van der Waals surface area contributed by atoms with Gasteiger partial charge in [-0.25, -0.2) is 0 Å². The summed E-state index contributed by atoms with van der Waals surface area (Å²) in [6, 6.07) is 1.83. The number of hydrogen-bond acceptors (Lipinski definition) is 4. The van der Waals surface area contributed by atoms with Gasteiger partial charge in [0.15, 0.2) is 0 Å². The number of nitrogens with one attached hydrogen (secondary N) is 2. The first-order chi connectivity index (χ1) is 11.8. The van der Waals surface area contributed by atoms with Gasteiger partial charge >= 0.3 is 5.97 Å². The molecule has 0 spiro atoms. The Hall–Kier alpha value is -2.15. The number of carbonyl (C=O) groups is 3. The Morgan fingerprint density at radius 2 is 1.76 bits per heavy atom. The maximum atomic E-state index is 12.7. The lowest BCUT2D eigenvalue weighted by Gasteiger charge is -2.26. The number of carboxylic acids is 1. The normalized spacial score (nSPS) is 27.2. The van der Waals surface area contributed by atoms with Gasteiger partial charge in [-0.1, -0.05) is 11.1 Å². The van der Waals surface area contributed by atoms with E-state index in [0.29, 0.717) is 4.88 Å². The molecule has 134 valence electrons. The summed E-state index contributed by atoms with van der Waals surface area (Å²) in [6.07, 6.45) is 1.64. The van der Waals surface area contributed by atoms with E-state index in [2.05, 4.69) is 10.9 Å². The molecule has 25 heavy (non-hydrogen) atoms. The molecule has 2 amide bonds. The Kier molecular flexibility index (Phi) is 4.69. The molecule has 0 radical (unpaired) electrons. The van der Waals surface area contributed by atoms with Gasteiger partial charge in [-0.15, -0.1) is 11.3 Å². The van der Waals surface area contributed by atoms with E-state index in [0.717, 1.165) is 29.6 Å². The summed E-state index contributed by atoms with van der Waals surface area (Å²) in [5.74, 6) is -3.20. The molecule has 0 unspecified atom stereocenters. The highest BCUT2D eigenvalue weighted by atomic mass is 32.1. The predicted octanol–water partition coefficient (Wildman–Crippen LogP) is 2.51. The van der Waals surface area contributed by atoms with E-state index in [-0.39, 0.29) is 17.7 Å². The highest BCUT2D eigenvalue weighted by Gasteiger charge is 2.57. The molecule has 7 heteroatoms. The lowest BCUT2D eigenvalue weighted by atomic mass is 9.79. The van der Waals surface area contributed by atoms with Crippen LogP contribution in [0.3, 0.4) is 0 Å². The van der Waals surface area contributed by atoms with Crippen molar-refractivity contribution >= 4 is 29.1 Å². The third-order valence-electron chi connectivity index (χ3n) is 5.37. The standard InChI is InChI=1S/C18H22N2O4S/c1-8(2)12-10-4-5-11(12)14(18(23)24)13(10)16(21)19-20-17(22)15-9(3)6-7-25-15/h6-7,10-11,13-14H,4-5H2,1-3H3,(H,19,21)(H,20,22)(H,23,24)/t10-,11-,13+,14-/m1/s1. The monoisotopic (exact) mass is 362 g/mol. The number of thiophene rings is 1. The van der Waals surface area contributed by atoms with Crippen LogP contribution < -0.4 is 10.9 Å². The van der Waals surface area contributed by atoms with Crippen molar-refractivity contribution in [1.29, 1.82) is 0 Å². The van der Waals surface area contributed by atoms with Crippen LogP contribution in [0.25, 0.3) is 0 Å². The maximum Gasteiger partial charge on any atom is 0.307 e. The van der Waals surface area contributed by atoms with Crippen molar-refractivity contribution in [2.24, 2.45) is 23.7 Å². The SMILES string of the molecule is CC(C)=C1[C@H]2CC[C@H]1[C@@H](C(=O)O)[C@H]2C(=O)NNC(=O)c1sccc1C. The van der Waals surface area contributed by atoms with Crippen molar-refractivity contribution in [3.05, 3.63) is 33.0 Å². The van der Waals surface area contributed by atoms with Gasteiger partial charge in [0.2, 0.25) is 5.91 Å². The molecule has 3 N–H and O–H groups in total. The highest BCUT2D eigenvalue weighted by molar-refractivity contribution is 7.12. The van der Waals surface area contributed by atoms with E-state index in [1.54, 1.807) is 0 Å². The number of amides is 2. The Balaban J connectivity index is 1.75. The molecule has 2 aliphatic rings. The van der Waals surface area contributed by atoms with Gasteiger partial charge in [0.1, 0.15) is 0 Å². The van der Waals surface area contributed by atoms with Crippen LogP contribution in [-0.4, -0.2) is 22.9 Å². The zero-order chi connectivity index (χ0) is 18.3. The summed E-state index contributed by atoms with van der Waals surface area (Å²) in [5.41, 5.74) is 7.94. The van der Waals surface area contributed by atoms with Crippen molar-refractivity contribution in [3.63, 3.8) is 0 Å². The van der Waals surface area contributed by atoms with Gasteiger partial charge in [-0.2, -0.15) is 0 Å². The van der Waals surface area contributed by atoms with Crippen LogP contribution in [0.2, 0.25) is 0 Å². The molecule has 3 rings (SSSR count). The number of aryl methyl sites for hydroxylation is 1. The number of fused-ring (bicyclic) bond motifs is 2. The predicted molar refractivity (Wildman–Crippen MR) is 93.9 cm³/mol. The van der Waals surface area contributed by atoms with E-state index in [9.17, 15) is 19.5 Å². The van der Waals surface area contributed by atoms with Crippen molar-refractivity contribution in [2.75, 3.05) is 0 Å². The summed E-state index contributed by atoms with van der Waals surface area (Å²) in [4.78, 5) is 37.1. The lowest BCUT2D eigenvalue weighted by molar-refractivity contribution is -0.149. The van der Waals surface area contributed by atoms with Crippen molar-refractivity contribution < 1.29 is 19.5 Å². The Morgan fingerprint density at radius 3 is 2.28 bits per heavy atom. The second-order valence-electron chi connectivity index (χ2n) is 7.01. The summed E-state index contributed by atoms with van der Waals surface area (Å²) in [6.45, 7) is 5.77. The summed E-state index contributed by atoms with van der Waals surface area (Å²) >= 11 is 1.30. The number of hydrogen-bond donors (Lipinski definition) is 3. The van der Waals surface area contributed by atoms with Gasteiger partial charge in [-0.05, 0) is 62.5 Å². The van der Waals surface area contributed by atoms with Crippen LogP contribution in [-0.2, 0) is 9.59 Å². The molecule has 0 aromatic carbocycles. The third-order valence-corrected chi connectivity index (χ3v) is 6.39. The third kappa shape index (κ3) is 2.97. The van der Waals surface area contributed by atoms with Crippen molar-refractivity contribution in [2.45, 2.75) is 33.6 Å². The van der Waals surface area contributed by atoms with E-state index in [1.165, 1.54) is 11.3 Å². The molecule has 0 aliphatic heterocycles.